The van der Waals surface area contributed by atoms with Crippen LogP contribution in [0.15, 0.2) is 6.33 Å². The van der Waals surface area contributed by atoms with Crippen LogP contribution in [0.3, 0.4) is 0 Å². The van der Waals surface area contributed by atoms with Crippen molar-refractivity contribution in [3.8, 4) is 0 Å². The van der Waals surface area contributed by atoms with Crippen molar-refractivity contribution in [2.45, 2.75) is 38.8 Å². The lowest BCUT2D eigenvalue weighted by molar-refractivity contribution is -0.123. The van der Waals surface area contributed by atoms with Crippen molar-refractivity contribution in [2.75, 3.05) is 26.2 Å². The van der Waals surface area contributed by atoms with Crippen LogP contribution in [-0.2, 0) is 17.8 Å². The van der Waals surface area contributed by atoms with Crippen molar-refractivity contribution >= 4 is 5.91 Å². The van der Waals surface area contributed by atoms with Gasteiger partial charge in [-0.3, -0.25) is 10.1 Å². The van der Waals surface area contributed by atoms with Crippen LogP contribution in [0.4, 0.5) is 0 Å². The van der Waals surface area contributed by atoms with Gasteiger partial charge in [-0.2, -0.15) is 0 Å². The van der Waals surface area contributed by atoms with E-state index in [4.69, 9.17) is 0 Å². The Morgan fingerprint density at radius 3 is 3.10 bits per heavy atom. The summed E-state index contributed by atoms with van der Waals surface area (Å²) in [4.78, 5) is 22.0. The number of aromatic amines is 1. The zero-order valence-corrected chi connectivity index (χ0v) is 12.7. The minimum absolute atomic E-state index is 0.0917. The molecule has 6 heteroatoms. The van der Waals surface area contributed by atoms with E-state index in [1.807, 2.05) is 0 Å². The molecular weight excluding hydrogens is 266 g/mol. The number of imidazole rings is 1. The Bertz CT molecular complexity index is 478. The number of rotatable bonds is 4. The third-order valence-electron chi connectivity index (χ3n) is 4.65. The van der Waals surface area contributed by atoms with Crippen LogP contribution in [0.1, 0.15) is 31.2 Å². The van der Waals surface area contributed by atoms with Gasteiger partial charge in [0.05, 0.1) is 23.8 Å². The molecule has 1 amide bonds. The Kier molecular flexibility index (Phi) is 4.55. The summed E-state index contributed by atoms with van der Waals surface area (Å²) in [6, 6.07) is -0.151. The minimum atomic E-state index is -0.151. The molecular formula is C15H25N5O. The molecule has 0 aromatic carbocycles. The lowest BCUT2D eigenvalue weighted by atomic mass is 9.99. The smallest absolute Gasteiger partial charge is 0.237 e. The third kappa shape index (κ3) is 3.63. The lowest BCUT2D eigenvalue weighted by Crippen LogP contribution is -2.49. The zero-order chi connectivity index (χ0) is 14.7. The van der Waals surface area contributed by atoms with Crippen LogP contribution < -0.4 is 10.6 Å². The number of hydrogen-bond donors (Lipinski definition) is 3. The Morgan fingerprint density at radius 2 is 2.29 bits per heavy atom. The van der Waals surface area contributed by atoms with Gasteiger partial charge in [0.15, 0.2) is 0 Å². The molecule has 3 heterocycles. The van der Waals surface area contributed by atoms with E-state index in [1.54, 1.807) is 6.33 Å². The second-order valence-corrected chi connectivity index (χ2v) is 6.28. The zero-order valence-electron chi connectivity index (χ0n) is 12.7. The van der Waals surface area contributed by atoms with E-state index in [9.17, 15) is 4.79 Å². The second-order valence-electron chi connectivity index (χ2n) is 6.28. The average molecular weight is 291 g/mol. The molecule has 1 saturated heterocycles. The monoisotopic (exact) mass is 291 g/mol. The predicted molar refractivity (Wildman–Crippen MR) is 80.8 cm³/mol. The fourth-order valence-corrected chi connectivity index (χ4v) is 3.10. The number of fused-ring (bicyclic) bond motifs is 1. The van der Waals surface area contributed by atoms with Crippen molar-refractivity contribution in [1.82, 2.24) is 25.5 Å². The molecule has 1 aromatic heterocycles. The molecule has 1 atom stereocenters. The molecule has 1 fully saturated rings. The number of nitrogens with one attached hydrogen (secondary N) is 3. The molecule has 116 valence electrons. The molecule has 1 aromatic rings. The first-order valence-corrected chi connectivity index (χ1v) is 7.97. The van der Waals surface area contributed by atoms with Crippen molar-refractivity contribution in [2.24, 2.45) is 5.92 Å². The number of carbonyl (C=O) groups is 1. The number of carbonyl (C=O) groups excluding carboxylic acids is 1. The Labute approximate surface area is 125 Å². The fraction of sp³-hybridized carbons (Fsp3) is 0.733. The summed E-state index contributed by atoms with van der Waals surface area (Å²) in [7, 11) is 0. The molecule has 3 N–H and O–H groups in total. The summed E-state index contributed by atoms with van der Waals surface area (Å²) in [6.07, 6.45) is 4.93. The maximum Gasteiger partial charge on any atom is 0.237 e. The highest BCUT2D eigenvalue weighted by Crippen LogP contribution is 2.15. The summed E-state index contributed by atoms with van der Waals surface area (Å²) in [6.45, 7) is 7.02. The predicted octanol–water partition coefficient (Wildman–Crippen LogP) is 0.272. The van der Waals surface area contributed by atoms with E-state index in [-0.39, 0.29) is 11.9 Å². The number of H-pyrrole nitrogens is 1. The van der Waals surface area contributed by atoms with Crippen LogP contribution in [0.5, 0.6) is 0 Å². The minimum Gasteiger partial charge on any atom is -0.353 e. The van der Waals surface area contributed by atoms with Gasteiger partial charge < -0.3 is 15.2 Å². The first-order chi connectivity index (χ1) is 10.2. The first-order valence-electron chi connectivity index (χ1n) is 7.97. The van der Waals surface area contributed by atoms with E-state index < -0.39 is 0 Å². The molecule has 0 spiro atoms. The first kappa shape index (κ1) is 14.5. The number of aromatic nitrogens is 2. The molecule has 0 radical (unpaired) electrons. The van der Waals surface area contributed by atoms with E-state index in [2.05, 4.69) is 32.4 Å². The number of amides is 1. The second kappa shape index (κ2) is 6.58. The number of likely N-dealkylation sites (tertiary alicyclic amines) is 1. The van der Waals surface area contributed by atoms with Gasteiger partial charge in [0.2, 0.25) is 5.91 Å². The highest BCUT2D eigenvalue weighted by molar-refractivity contribution is 5.82. The summed E-state index contributed by atoms with van der Waals surface area (Å²) >= 11 is 0. The van der Waals surface area contributed by atoms with Gasteiger partial charge >= 0.3 is 0 Å². The Hall–Kier alpha value is -1.40. The summed E-state index contributed by atoms with van der Waals surface area (Å²) in [5, 5.41) is 6.31. The van der Waals surface area contributed by atoms with Gasteiger partial charge in [0, 0.05) is 26.1 Å². The van der Waals surface area contributed by atoms with Gasteiger partial charge in [-0.25, -0.2) is 4.98 Å². The number of piperidine rings is 1. The molecule has 3 rings (SSSR count). The van der Waals surface area contributed by atoms with Gasteiger partial charge in [0.1, 0.15) is 0 Å². The fourth-order valence-electron chi connectivity index (χ4n) is 3.10. The largest absolute Gasteiger partial charge is 0.353 e. The molecule has 2 aliphatic rings. The SMILES string of the molecule is CC1CCN(CCNC(=O)C2Cc3nc[nH]c3CN2)CC1. The quantitative estimate of drug-likeness (QED) is 0.745. The number of nitrogens with zero attached hydrogens (tertiary/aromatic N) is 2. The van der Waals surface area contributed by atoms with E-state index in [0.29, 0.717) is 13.0 Å². The highest BCUT2D eigenvalue weighted by Gasteiger charge is 2.25. The van der Waals surface area contributed by atoms with E-state index in [0.717, 1.165) is 43.5 Å². The topological polar surface area (TPSA) is 73.0 Å². The Balaban J connectivity index is 1.39. The van der Waals surface area contributed by atoms with E-state index >= 15 is 0 Å². The van der Waals surface area contributed by atoms with Gasteiger partial charge in [0.25, 0.3) is 0 Å². The summed E-state index contributed by atoms with van der Waals surface area (Å²) in [5.41, 5.74) is 2.11. The van der Waals surface area contributed by atoms with Crippen LogP contribution >= 0.6 is 0 Å². The van der Waals surface area contributed by atoms with Crippen LogP contribution in [-0.4, -0.2) is 53.0 Å². The molecule has 0 bridgehead atoms. The highest BCUT2D eigenvalue weighted by atomic mass is 16.2. The van der Waals surface area contributed by atoms with Crippen LogP contribution in [0, 0.1) is 5.92 Å². The molecule has 0 aliphatic carbocycles. The molecule has 0 saturated carbocycles. The lowest BCUT2D eigenvalue weighted by Gasteiger charge is -2.30. The average Bonchev–Trinajstić information content (AvgIpc) is 2.96. The summed E-state index contributed by atoms with van der Waals surface area (Å²) < 4.78 is 0. The maximum absolute atomic E-state index is 12.2. The number of hydrogen-bond acceptors (Lipinski definition) is 4. The van der Waals surface area contributed by atoms with Gasteiger partial charge in [-0.05, 0) is 31.8 Å². The molecule has 6 nitrogen and oxygen atoms in total. The van der Waals surface area contributed by atoms with Gasteiger partial charge in [-0.15, -0.1) is 0 Å². The third-order valence-corrected chi connectivity index (χ3v) is 4.65. The molecule has 1 unspecified atom stereocenters. The van der Waals surface area contributed by atoms with Crippen molar-refractivity contribution < 1.29 is 4.79 Å². The van der Waals surface area contributed by atoms with Crippen molar-refractivity contribution in [3.63, 3.8) is 0 Å². The van der Waals surface area contributed by atoms with Crippen molar-refractivity contribution in [1.29, 1.82) is 0 Å². The summed E-state index contributed by atoms with van der Waals surface area (Å²) in [5.74, 6) is 0.944. The van der Waals surface area contributed by atoms with Crippen molar-refractivity contribution in [3.05, 3.63) is 17.7 Å². The van der Waals surface area contributed by atoms with Crippen LogP contribution in [0.2, 0.25) is 0 Å². The normalized spacial score (nSPS) is 23.8. The molecule has 21 heavy (non-hydrogen) atoms. The van der Waals surface area contributed by atoms with E-state index in [1.165, 1.54) is 12.8 Å². The van der Waals surface area contributed by atoms with Gasteiger partial charge in [-0.1, -0.05) is 6.92 Å². The maximum atomic E-state index is 12.2. The standard InChI is InChI=1S/C15H25N5O/c1-11-2-5-20(6-3-11)7-4-16-15(21)13-8-12-14(9-17-13)19-10-18-12/h10-11,13,17H,2-9H2,1H3,(H,16,21)(H,18,19). The van der Waals surface area contributed by atoms with Crippen LogP contribution in [0.25, 0.3) is 0 Å². The molecule has 2 aliphatic heterocycles. The Morgan fingerprint density at radius 1 is 1.48 bits per heavy atom.